The van der Waals surface area contributed by atoms with E-state index in [2.05, 4.69) is 10.3 Å². The highest BCUT2D eigenvalue weighted by Crippen LogP contribution is 2.32. The summed E-state index contributed by atoms with van der Waals surface area (Å²) in [5, 5.41) is 16.5. The Morgan fingerprint density at radius 1 is 0.892 bits per heavy atom. The summed E-state index contributed by atoms with van der Waals surface area (Å²) >= 11 is 33.7. The minimum atomic E-state index is -1.97. The van der Waals surface area contributed by atoms with Crippen LogP contribution in [-0.2, 0) is 9.47 Å². The number of hydrogen-bond acceptors (Lipinski definition) is 9. The second-order valence-corrected chi connectivity index (χ2v) is 12.4. The average molecular weight is 640 g/mol. The summed E-state index contributed by atoms with van der Waals surface area (Å²) in [7, 11) is 0. The maximum absolute atomic E-state index is 12.7. The van der Waals surface area contributed by atoms with Gasteiger partial charge in [-0.3, -0.25) is 0 Å². The summed E-state index contributed by atoms with van der Waals surface area (Å²) in [6.07, 6.45) is -3.62. The van der Waals surface area contributed by atoms with Crippen molar-refractivity contribution in [2.45, 2.75) is 7.59 Å². The van der Waals surface area contributed by atoms with Gasteiger partial charge in [0.1, 0.15) is 13.2 Å². The van der Waals surface area contributed by atoms with Crippen molar-refractivity contribution >= 4 is 99.4 Å². The predicted molar refractivity (Wildman–Crippen MR) is 137 cm³/mol. The minimum Gasteiger partial charge on any atom is -0.465 e. The van der Waals surface area contributed by atoms with Gasteiger partial charge in [-0.25, -0.2) is 19.0 Å². The summed E-state index contributed by atoms with van der Waals surface area (Å²) < 4.78 is 10.6. The Morgan fingerprint density at radius 2 is 1.41 bits per heavy atom. The summed E-state index contributed by atoms with van der Waals surface area (Å²) in [6, 6.07) is 6.77. The first kappa shape index (κ1) is 29.5. The summed E-state index contributed by atoms with van der Waals surface area (Å²) in [6.45, 7) is 0.289. The van der Waals surface area contributed by atoms with Gasteiger partial charge in [-0.15, -0.1) is 0 Å². The number of piperazine rings is 1. The quantitative estimate of drug-likeness (QED) is 0.426. The molecule has 0 aliphatic carbocycles. The molecule has 1 fully saturated rings. The molecule has 0 unspecified atom stereocenters. The smallest absolute Gasteiger partial charge is 0.425 e. The van der Waals surface area contributed by atoms with Crippen LogP contribution in [0, 0.1) is 0 Å². The second kappa shape index (κ2) is 12.2. The molecule has 0 radical (unpaired) electrons. The van der Waals surface area contributed by atoms with Crippen LogP contribution in [-0.4, -0.2) is 85.6 Å². The van der Waals surface area contributed by atoms with E-state index in [1.54, 1.807) is 24.3 Å². The topological polar surface area (TPSA) is 139 Å². The molecule has 0 spiro atoms. The van der Waals surface area contributed by atoms with Gasteiger partial charge in [-0.05, 0) is 22.4 Å². The van der Waals surface area contributed by atoms with Crippen molar-refractivity contribution in [3.63, 3.8) is 0 Å². The average Bonchev–Trinajstić information content (AvgIpc) is 3.30. The lowest BCUT2D eigenvalue weighted by Gasteiger charge is -2.34. The number of alkyl halides is 6. The van der Waals surface area contributed by atoms with Crippen molar-refractivity contribution in [3.8, 4) is 11.3 Å². The van der Waals surface area contributed by atoms with Crippen LogP contribution in [0.15, 0.2) is 28.9 Å². The molecule has 202 valence electrons. The van der Waals surface area contributed by atoms with E-state index < -0.39 is 44.9 Å². The Bertz CT molecular complexity index is 1080. The molecule has 2 heterocycles. The molecule has 3 rings (SSSR count). The van der Waals surface area contributed by atoms with Crippen LogP contribution in [0.25, 0.3) is 11.3 Å². The Hall–Kier alpha value is -2.09. The van der Waals surface area contributed by atoms with Gasteiger partial charge in [-0.1, -0.05) is 81.7 Å². The number of aromatic nitrogens is 2. The largest absolute Gasteiger partial charge is 0.465 e. The molecule has 37 heavy (non-hydrogen) atoms. The van der Waals surface area contributed by atoms with Crippen LogP contribution in [0.5, 0.6) is 0 Å². The Morgan fingerprint density at radius 3 is 1.86 bits per heavy atom. The van der Waals surface area contributed by atoms with Gasteiger partial charge in [0, 0.05) is 37.4 Å². The van der Waals surface area contributed by atoms with Gasteiger partial charge in [0.2, 0.25) is 13.4 Å². The van der Waals surface area contributed by atoms with Crippen LogP contribution in [0.2, 0.25) is 0 Å². The fourth-order valence-electron chi connectivity index (χ4n) is 3.16. The summed E-state index contributed by atoms with van der Waals surface area (Å²) in [4.78, 5) is 40.3. The molecule has 1 aliphatic heterocycles. The van der Waals surface area contributed by atoms with Crippen molar-refractivity contribution in [2.75, 3.05) is 49.2 Å². The highest BCUT2D eigenvalue weighted by Gasteiger charge is 2.36. The number of nitrogens with zero attached hydrogens (tertiary/aromatic N) is 5. The van der Waals surface area contributed by atoms with Gasteiger partial charge < -0.3 is 24.4 Å². The van der Waals surface area contributed by atoms with Crippen molar-refractivity contribution < 1.29 is 33.6 Å². The number of hydrogen-bond donors (Lipinski definition) is 1. The summed E-state index contributed by atoms with van der Waals surface area (Å²) in [5.41, 5.74) is 1.18. The molecular weight excluding hydrogens is 623 g/mol. The molecular formula is C19H17Cl6N5O7. The third kappa shape index (κ3) is 8.45. The van der Waals surface area contributed by atoms with Crippen LogP contribution in [0.4, 0.5) is 25.9 Å². The first-order valence-corrected chi connectivity index (χ1v) is 12.4. The molecule has 0 bridgehead atoms. The number of anilines is 2. The zero-order valence-corrected chi connectivity index (χ0v) is 23.0. The van der Waals surface area contributed by atoms with Gasteiger partial charge in [-0.2, -0.15) is 4.90 Å². The molecule has 1 aromatic carbocycles. The SMILES string of the molecule is O=C(O)N1CCN(c2ccc(-c3nonc3N(C(=O)OCC(Cl)(Cl)Cl)C(=O)OCC(Cl)(Cl)Cl)cc2)CC1. The Kier molecular flexibility index (Phi) is 9.70. The highest BCUT2D eigenvalue weighted by atomic mass is 35.6. The zero-order valence-electron chi connectivity index (χ0n) is 18.5. The fraction of sp³-hybridized carbons (Fsp3) is 0.421. The number of carbonyl (C=O) groups is 3. The molecule has 0 saturated carbocycles. The van der Waals surface area contributed by atoms with E-state index in [0.717, 1.165) is 5.69 Å². The van der Waals surface area contributed by atoms with E-state index in [-0.39, 0.29) is 5.69 Å². The van der Waals surface area contributed by atoms with Crippen LogP contribution in [0.3, 0.4) is 0 Å². The standard InChI is InChI=1S/C19H17Cl6N5O7/c20-18(21,22)9-35-16(33)30(17(34)36-10-19(23,24)25)14-13(26-37-27-14)11-1-3-12(4-2-11)28-5-7-29(8-6-28)15(31)32/h1-4H,5-10H2,(H,31,32). The van der Waals surface area contributed by atoms with Gasteiger partial charge in [0.25, 0.3) is 0 Å². The monoisotopic (exact) mass is 637 g/mol. The number of amides is 3. The Balaban J connectivity index is 1.83. The first-order valence-electron chi connectivity index (χ1n) is 10.2. The number of ether oxygens (including phenoxy) is 2. The van der Waals surface area contributed by atoms with Crippen LogP contribution in [0.1, 0.15) is 0 Å². The lowest BCUT2D eigenvalue weighted by Crippen LogP contribution is -2.48. The van der Waals surface area contributed by atoms with E-state index in [1.807, 2.05) is 4.90 Å². The van der Waals surface area contributed by atoms with Crippen LogP contribution >= 0.6 is 69.6 Å². The molecule has 1 aromatic heterocycles. The number of imide groups is 1. The van der Waals surface area contributed by atoms with Crippen molar-refractivity contribution in [1.29, 1.82) is 0 Å². The van der Waals surface area contributed by atoms with Gasteiger partial charge in [0.15, 0.2) is 5.69 Å². The molecule has 18 heteroatoms. The molecule has 0 atom stereocenters. The molecule has 3 amide bonds. The third-order valence-electron chi connectivity index (χ3n) is 4.82. The Labute approximate surface area is 239 Å². The first-order chi connectivity index (χ1) is 17.2. The predicted octanol–water partition coefficient (Wildman–Crippen LogP) is 5.36. The lowest BCUT2D eigenvalue weighted by molar-refractivity contribution is 0.135. The maximum Gasteiger partial charge on any atom is 0.425 e. The molecule has 12 nitrogen and oxygen atoms in total. The van der Waals surface area contributed by atoms with Crippen molar-refractivity contribution in [2.24, 2.45) is 0 Å². The van der Waals surface area contributed by atoms with E-state index in [1.165, 1.54) is 4.90 Å². The minimum absolute atomic E-state index is 0.0288. The molecule has 1 N–H and O–H groups in total. The van der Waals surface area contributed by atoms with Gasteiger partial charge >= 0.3 is 18.3 Å². The van der Waals surface area contributed by atoms with E-state index >= 15 is 0 Å². The van der Waals surface area contributed by atoms with Crippen molar-refractivity contribution in [1.82, 2.24) is 15.2 Å². The van der Waals surface area contributed by atoms with E-state index in [4.69, 9.17) is 88.8 Å². The lowest BCUT2D eigenvalue weighted by atomic mass is 10.1. The van der Waals surface area contributed by atoms with Gasteiger partial charge in [0.05, 0.1) is 0 Å². The van der Waals surface area contributed by atoms with E-state index in [0.29, 0.717) is 36.6 Å². The maximum atomic E-state index is 12.7. The molecule has 1 saturated heterocycles. The number of benzene rings is 1. The highest BCUT2D eigenvalue weighted by molar-refractivity contribution is 6.68. The number of rotatable bonds is 5. The number of halogens is 6. The second-order valence-electron chi connectivity index (χ2n) is 7.41. The zero-order chi connectivity index (χ0) is 27.4. The summed E-state index contributed by atoms with van der Waals surface area (Å²) in [5.74, 6) is -0.397. The normalized spacial score (nSPS) is 14.3. The van der Waals surface area contributed by atoms with Crippen LogP contribution < -0.4 is 9.80 Å². The third-order valence-corrected chi connectivity index (χ3v) is 5.48. The fourth-order valence-corrected chi connectivity index (χ4v) is 3.49. The van der Waals surface area contributed by atoms with E-state index in [9.17, 15) is 14.4 Å². The molecule has 2 aromatic rings. The molecule has 1 aliphatic rings. The van der Waals surface area contributed by atoms with Crippen molar-refractivity contribution in [3.05, 3.63) is 24.3 Å². The number of carbonyl (C=O) groups excluding carboxylic acids is 2. The number of carboxylic acid groups (broad SMARTS) is 1.